The fourth-order valence-corrected chi connectivity index (χ4v) is 4.30. The highest BCUT2D eigenvalue weighted by molar-refractivity contribution is 6.46. The molecule has 2 amide bonds. The minimum atomic E-state index is -0.378. The van der Waals surface area contributed by atoms with Crippen LogP contribution >= 0.6 is 11.6 Å². The molecule has 1 aliphatic heterocycles. The number of nitrogens with zero attached hydrogens (tertiary/aromatic N) is 1. The highest BCUT2D eigenvalue weighted by atomic mass is 35.5. The van der Waals surface area contributed by atoms with E-state index in [2.05, 4.69) is 5.32 Å². The first-order valence-electron chi connectivity index (χ1n) is 10.5. The number of anilines is 2. The molecular weight excluding hydrogens is 420 g/mol. The van der Waals surface area contributed by atoms with Crippen LogP contribution in [-0.2, 0) is 9.59 Å². The normalized spacial score (nSPS) is 13.9. The van der Waals surface area contributed by atoms with Gasteiger partial charge in [-0.1, -0.05) is 59.1 Å². The first-order chi connectivity index (χ1) is 15.2. The van der Waals surface area contributed by atoms with Gasteiger partial charge in [0.2, 0.25) is 0 Å². The number of carbonyl (C=O) groups excluding carboxylic acids is 2. The Morgan fingerprint density at radius 3 is 2.03 bits per heavy atom. The van der Waals surface area contributed by atoms with Gasteiger partial charge in [0.25, 0.3) is 11.8 Å². The van der Waals surface area contributed by atoms with Crippen LogP contribution in [-0.4, -0.2) is 11.8 Å². The molecule has 162 valence electrons. The summed E-state index contributed by atoms with van der Waals surface area (Å²) in [6.45, 7) is 9.78. The summed E-state index contributed by atoms with van der Waals surface area (Å²) < 4.78 is 0. The molecule has 0 aliphatic carbocycles. The smallest absolute Gasteiger partial charge is 0.282 e. The molecule has 0 atom stereocenters. The summed E-state index contributed by atoms with van der Waals surface area (Å²) >= 11 is 6.21. The molecule has 0 spiro atoms. The van der Waals surface area contributed by atoms with E-state index in [0.29, 0.717) is 22.0 Å². The zero-order valence-electron chi connectivity index (χ0n) is 18.8. The number of halogens is 1. The second-order valence-electron chi connectivity index (χ2n) is 8.39. The molecule has 0 saturated carbocycles. The van der Waals surface area contributed by atoms with Crippen LogP contribution in [0.1, 0.15) is 33.4 Å². The molecule has 3 aromatic rings. The number of hydrogen-bond donors (Lipinski definition) is 1. The van der Waals surface area contributed by atoms with Crippen molar-refractivity contribution in [3.63, 3.8) is 0 Å². The minimum absolute atomic E-state index is 0.257. The maximum absolute atomic E-state index is 13.7. The summed E-state index contributed by atoms with van der Waals surface area (Å²) in [4.78, 5) is 28.7. The van der Waals surface area contributed by atoms with E-state index in [1.807, 2.05) is 77.1 Å². The lowest BCUT2D eigenvalue weighted by atomic mass is 9.97. The number of hydrogen-bond acceptors (Lipinski definition) is 3. The highest BCUT2D eigenvalue weighted by Gasteiger charge is 2.41. The highest BCUT2D eigenvalue weighted by Crippen LogP contribution is 2.37. The van der Waals surface area contributed by atoms with Crippen LogP contribution in [0.5, 0.6) is 0 Å². The van der Waals surface area contributed by atoms with Crippen LogP contribution in [0.3, 0.4) is 0 Å². The molecule has 0 fully saturated rings. The van der Waals surface area contributed by atoms with E-state index in [9.17, 15) is 9.59 Å². The molecule has 32 heavy (non-hydrogen) atoms. The molecule has 4 nitrogen and oxygen atoms in total. The van der Waals surface area contributed by atoms with Crippen molar-refractivity contribution in [1.82, 2.24) is 0 Å². The predicted octanol–water partition coefficient (Wildman–Crippen LogP) is 6.28. The van der Waals surface area contributed by atoms with Crippen molar-refractivity contribution < 1.29 is 9.59 Å². The van der Waals surface area contributed by atoms with Gasteiger partial charge in [0, 0.05) is 10.7 Å². The van der Waals surface area contributed by atoms with Crippen molar-refractivity contribution in [1.29, 1.82) is 0 Å². The second-order valence-corrected chi connectivity index (χ2v) is 8.82. The SMILES string of the molecule is Cc1ccc(C2=C(Nc3cc(Cl)ccc3C)C(=O)N(c3ccc(C)cc3C)C2=O)c(C)c1. The number of carbonyl (C=O) groups is 2. The Bertz CT molecular complexity index is 1310. The standard InChI is InChI=1S/C27H25ClN2O2/c1-15-6-10-21(18(4)12-15)24-25(29-22-14-20(28)9-8-17(22)3)27(32)30(26(24)31)23-11-7-16(2)13-19(23)5/h6-14,29H,1-5H3. The maximum Gasteiger partial charge on any atom is 0.282 e. The monoisotopic (exact) mass is 444 g/mol. The fourth-order valence-electron chi connectivity index (χ4n) is 4.13. The van der Waals surface area contributed by atoms with Crippen LogP contribution in [0.15, 0.2) is 60.3 Å². The van der Waals surface area contributed by atoms with Crippen molar-refractivity contribution in [2.45, 2.75) is 34.6 Å². The van der Waals surface area contributed by atoms with Crippen LogP contribution in [0.25, 0.3) is 5.57 Å². The molecule has 1 heterocycles. The van der Waals surface area contributed by atoms with Crippen LogP contribution in [0.4, 0.5) is 11.4 Å². The summed E-state index contributed by atoms with van der Waals surface area (Å²) in [5, 5.41) is 3.79. The lowest BCUT2D eigenvalue weighted by Gasteiger charge is -2.18. The number of aryl methyl sites for hydroxylation is 5. The molecule has 0 unspecified atom stereocenters. The molecular formula is C27H25ClN2O2. The first kappa shape index (κ1) is 21.8. The Hall–Kier alpha value is -3.37. The molecule has 3 aromatic carbocycles. The van der Waals surface area contributed by atoms with E-state index in [4.69, 9.17) is 11.6 Å². The molecule has 0 aromatic heterocycles. The largest absolute Gasteiger partial charge is 0.350 e. The molecule has 1 aliphatic rings. The average Bonchev–Trinajstić information content (AvgIpc) is 2.95. The van der Waals surface area contributed by atoms with Gasteiger partial charge >= 0.3 is 0 Å². The lowest BCUT2D eigenvalue weighted by Crippen LogP contribution is -2.33. The third kappa shape index (κ3) is 3.82. The number of amides is 2. The molecule has 0 bridgehead atoms. The third-order valence-corrected chi connectivity index (χ3v) is 6.02. The number of nitrogens with one attached hydrogen (secondary N) is 1. The van der Waals surface area contributed by atoms with Gasteiger partial charge in [0.05, 0.1) is 11.3 Å². The average molecular weight is 445 g/mol. The van der Waals surface area contributed by atoms with Gasteiger partial charge in [-0.05, 0) is 75.1 Å². The van der Waals surface area contributed by atoms with E-state index in [1.165, 1.54) is 4.90 Å². The number of rotatable bonds is 4. The summed E-state index contributed by atoms with van der Waals surface area (Å²) in [5.74, 6) is -0.715. The van der Waals surface area contributed by atoms with Crippen molar-refractivity contribution in [2.24, 2.45) is 0 Å². The molecule has 1 N–H and O–H groups in total. The summed E-state index contributed by atoms with van der Waals surface area (Å²) in [6.07, 6.45) is 0. The number of benzene rings is 3. The van der Waals surface area contributed by atoms with Crippen molar-refractivity contribution in [3.8, 4) is 0 Å². The fraction of sp³-hybridized carbons (Fsp3) is 0.185. The molecule has 0 saturated heterocycles. The molecule has 5 heteroatoms. The molecule has 4 rings (SSSR count). The second kappa shape index (κ2) is 8.29. The van der Waals surface area contributed by atoms with Gasteiger partial charge in [0.1, 0.15) is 5.70 Å². The topological polar surface area (TPSA) is 49.4 Å². The maximum atomic E-state index is 13.7. The zero-order chi connectivity index (χ0) is 23.2. The Morgan fingerprint density at radius 2 is 1.38 bits per heavy atom. The van der Waals surface area contributed by atoms with Gasteiger partial charge in [-0.2, -0.15) is 0 Å². The van der Waals surface area contributed by atoms with Crippen molar-refractivity contribution in [3.05, 3.63) is 98.7 Å². The van der Waals surface area contributed by atoms with Crippen molar-refractivity contribution >= 4 is 40.4 Å². The predicted molar refractivity (Wildman–Crippen MR) is 131 cm³/mol. The van der Waals surface area contributed by atoms with E-state index < -0.39 is 0 Å². The van der Waals surface area contributed by atoms with Gasteiger partial charge in [-0.25, -0.2) is 4.90 Å². The molecule has 0 radical (unpaired) electrons. The van der Waals surface area contributed by atoms with Gasteiger partial charge in [0.15, 0.2) is 0 Å². The van der Waals surface area contributed by atoms with E-state index in [-0.39, 0.29) is 17.5 Å². The Kier molecular flexibility index (Phi) is 5.66. The summed E-state index contributed by atoms with van der Waals surface area (Å²) in [5.41, 5.74) is 7.54. The Balaban J connectivity index is 1.90. The van der Waals surface area contributed by atoms with E-state index >= 15 is 0 Å². The number of imide groups is 1. The third-order valence-electron chi connectivity index (χ3n) is 5.79. The van der Waals surface area contributed by atoms with Crippen molar-refractivity contribution in [2.75, 3.05) is 10.2 Å². The lowest BCUT2D eigenvalue weighted by molar-refractivity contribution is -0.120. The van der Waals surface area contributed by atoms with Crippen LogP contribution < -0.4 is 10.2 Å². The van der Waals surface area contributed by atoms with E-state index in [0.717, 1.165) is 33.4 Å². The van der Waals surface area contributed by atoms with Gasteiger partial charge in [-0.15, -0.1) is 0 Å². The van der Waals surface area contributed by atoms with Gasteiger partial charge in [-0.3, -0.25) is 9.59 Å². The van der Waals surface area contributed by atoms with Gasteiger partial charge < -0.3 is 5.32 Å². The van der Waals surface area contributed by atoms with Crippen LogP contribution in [0.2, 0.25) is 5.02 Å². The van der Waals surface area contributed by atoms with Crippen LogP contribution in [0, 0.1) is 34.6 Å². The zero-order valence-corrected chi connectivity index (χ0v) is 19.6. The first-order valence-corrected chi connectivity index (χ1v) is 10.9. The van der Waals surface area contributed by atoms with E-state index in [1.54, 1.807) is 12.1 Å². The quantitative estimate of drug-likeness (QED) is 0.482. The minimum Gasteiger partial charge on any atom is -0.350 e. The summed E-state index contributed by atoms with van der Waals surface area (Å²) in [7, 11) is 0. The summed E-state index contributed by atoms with van der Waals surface area (Å²) in [6, 6.07) is 17.0. The Labute approximate surface area is 193 Å². The Morgan fingerprint density at radius 1 is 0.719 bits per heavy atom.